The Kier molecular flexibility index (Phi) is 7.97. The van der Waals surface area contributed by atoms with Crippen LogP contribution in [0.3, 0.4) is 0 Å². The van der Waals surface area contributed by atoms with Crippen molar-refractivity contribution in [1.29, 1.82) is 0 Å². The van der Waals surface area contributed by atoms with Crippen molar-refractivity contribution in [2.45, 2.75) is 25.2 Å². The second kappa shape index (κ2) is 11.5. The van der Waals surface area contributed by atoms with Crippen molar-refractivity contribution in [2.24, 2.45) is 0 Å². The Morgan fingerprint density at radius 3 is 2.19 bits per heavy atom. The number of hydrogen-bond acceptors (Lipinski definition) is 4. The van der Waals surface area contributed by atoms with Crippen molar-refractivity contribution in [3.8, 4) is 0 Å². The Bertz CT molecular complexity index is 1430. The van der Waals surface area contributed by atoms with Gasteiger partial charge in [0, 0.05) is 52.8 Å². The SMILES string of the molecule is O=C(O)/C=C/C(=O)O.O=c1cc(CCN2CCC(c3c[nH]c4ccccc34)CC2)c2ccccc2[nH]1. The van der Waals surface area contributed by atoms with E-state index >= 15 is 0 Å². The van der Waals surface area contributed by atoms with Crippen LogP contribution in [0.2, 0.25) is 0 Å². The first-order chi connectivity index (χ1) is 17.4. The lowest BCUT2D eigenvalue weighted by Crippen LogP contribution is -2.34. The van der Waals surface area contributed by atoms with Gasteiger partial charge in [0.2, 0.25) is 5.56 Å². The summed E-state index contributed by atoms with van der Waals surface area (Å²) in [5.74, 6) is -1.88. The molecule has 0 atom stereocenters. The molecule has 2 aromatic heterocycles. The van der Waals surface area contributed by atoms with Crippen LogP contribution in [0.15, 0.2) is 77.7 Å². The maximum atomic E-state index is 12.0. The van der Waals surface area contributed by atoms with Crippen LogP contribution in [0.5, 0.6) is 0 Å². The first kappa shape index (κ1) is 24.9. The molecule has 1 aliphatic rings. The third-order valence-corrected chi connectivity index (χ3v) is 6.55. The number of pyridine rings is 1. The molecule has 0 aliphatic carbocycles. The Morgan fingerprint density at radius 2 is 1.53 bits per heavy atom. The molecule has 0 bridgehead atoms. The number of likely N-dealkylation sites (tertiary alicyclic amines) is 1. The molecule has 186 valence electrons. The monoisotopic (exact) mass is 487 g/mol. The molecular formula is C28H29N3O5. The maximum Gasteiger partial charge on any atom is 0.328 e. The van der Waals surface area contributed by atoms with Crippen LogP contribution in [-0.2, 0) is 16.0 Å². The molecule has 8 nitrogen and oxygen atoms in total. The maximum absolute atomic E-state index is 12.0. The van der Waals surface area contributed by atoms with Gasteiger partial charge in [0.15, 0.2) is 0 Å². The largest absolute Gasteiger partial charge is 0.478 e. The zero-order valence-electron chi connectivity index (χ0n) is 19.8. The smallest absolute Gasteiger partial charge is 0.328 e. The molecule has 4 N–H and O–H groups in total. The van der Waals surface area contributed by atoms with Gasteiger partial charge in [-0.05, 0) is 61.5 Å². The number of nitrogens with one attached hydrogen (secondary N) is 2. The molecule has 5 rings (SSSR count). The van der Waals surface area contributed by atoms with Crippen LogP contribution in [0.4, 0.5) is 0 Å². The lowest BCUT2D eigenvalue weighted by molar-refractivity contribution is -0.134. The number of rotatable bonds is 6. The van der Waals surface area contributed by atoms with Crippen molar-refractivity contribution >= 4 is 33.7 Å². The van der Waals surface area contributed by atoms with E-state index in [2.05, 4.69) is 51.4 Å². The average molecular weight is 488 g/mol. The van der Waals surface area contributed by atoms with Crippen molar-refractivity contribution in [3.63, 3.8) is 0 Å². The average Bonchev–Trinajstić information content (AvgIpc) is 3.31. The molecule has 36 heavy (non-hydrogen) atoms. The first-order valence-corrected chi connectivity index (χ1v) is 11.9. The Morgan fingerprint density at radius 1 is 0.917 bits per heavy atom. The fourth-order valence-corrected chi connectivity index (χ4v) is 4.80. The summed E-state index contributed by atoms with van der Waals surface area (Å²) in [6, 6.07) is 18.4. The number of H-pyrrole nitrogens is 2. The van der Waals surface area contributed by atoms with Crippen LogP contribution < -0.4 is 5.56 Å². The summed E-state index contributed by atoms with van der Waals surface area (Å²) in [6.07, 6.45) is 6.62. The molecule has 0 spiro atoms. The van der Waals surface area contributed by atoms with Crippen LogP contribution in [-0.4, -0.2) is 56.7 Å². The van der Waals surface area contributed by atoms with E-state index < -0.39 is 11.9 Å². The second-order valence-corrected chi connectivity index (χ2v) is 8.87. The van der Waals surface area contributed by atoms with Gasteiger partial charge in [-0.1, -0.05) is 36.4 Å². The molecule has 0 radical (unpaired) electrons. The van der Waals surface area contributed by atoms with Crippen LogP contribution in [0.25, 0.3) is 21.8 Å². The Balaban J connectivity index is 0.000000331. The zero-order chi connectivity index (χ0) is 25.5. The van der Waals surface area contributed by atoms with Crippen molar-refractivity contribution in [1.82, 2.24) is 14.9 Å². The summed E-state index contributed by atoms with van der Waals surface area (Å²) < 4.78 is 0. The predicted molar refractivity (Wildman–Crippen MR) is 139 cm³/mol. The third-order valence-electron chi connectivity index (χ3n) is 6.55. The molecule has 4 aromatic rings. The number of carboxylic acid groups (broad SMARTS) is 2. The number of carboxylic acids is 2. The number of aliphatic carboxylic acids is 2. The van der Waals surface area contributed by atoms with Crippen molar-refractivity contribution < 1.29 is 19.8 Å². The molecule has 1 fully saturated rings. The fourth-order valence-electron chi connectivity index (χ4n) is 4.80. The highest BCUT2D eigenvalue weighted by atomic mass is 16.4. The lowest BCUT2D eigenvalue weighted by atomic mass is 9.89. The normalized spacial score (nSPS) is 14.7. The minimum Gasteiger partial charge on any atom is -0.478 e. The van der Waals surface area contributed by atoms with Gasteiger partial charge < -0.3 is 25.1 Å². The molecule has 1 saturated heterocycles. The van der Waals surface area contributed by atoms with E-state index in [1.807, 2.05) is 18.2 Å². The molecule has 2 aromatic carbocycles. The highest BCUT2D eigenvalue weighted by Crippen LogP contribution is 2.33. The minimum absolute atomic E-state index is 0.00764. The summed E-state index contributed by atoms with van der Waals surface area (Å²) in [4.78, 5) is 40.0. The minimum atomic E-state index is -1.26. The van der Waals surface area contributed by atoms with Gasteiger partial charge in [0.25, 0.3) is 0 Å². The standard InChI is InChI=1S/C24H25N3O.C4H4O4/c28-24-15-18(19-5-1-4-8-23(19)26-24)11-14-27-12-9-17(10-13-27)21-16-25-22-7-3-2-6-20(21)22;5-3(6)1-2-4(7)8/h1-8,15-17,25H,9-14H2,(H,26,28);1-2H,(H,5,6)(H,7,8)/b;2-1+. The molecule has 0 saturated carbocycles. The third kappa shape index (κ3) is 6.28. The number of benzene rings is 2. The highest BCUT2D eigenvalue weighted by molar-refractivity contribution is 5.89. The highest BCUT2D eigenvalue weighted by Gasteiger charge is 2.22. The summed E-state index contributed by atoms with van der Waals surface area (Å²) in [6.45, 7) is 3.24. The van der Waals surface area contributed by atoms with Gasteiger partial charge in [-0.15, -0.1) is 0 Å². The Hall–Kier alpha value is -4.17. The topological polar surface area (TPSA) is 126 Å². The predicted octanol–water partition coefficient (Wildman–Crippen LogP) is 4.14. The summed E-state index contributed by atoms with van der Waals surface area (Å²) in [7, 11) is 0. The number of piperidine rings is 1. The van der Waals surface area contributed by atoms with Gasteiger partial charge in [-0.25, -0.2) is 9.59 Å². The summed E-state index contributed by atoms with van der Waals surface area (Å²) in [5.41, 5.74) is 4.78. The van der Waals surface area contributed by atoms with Gasteiger partial charge in [0.05, 0.1) is 0 Å². The van der Waals surface area contributed by atoms with E-state index in [1.54, 1.807) is 6.07 Å². The zero-order valence-corrected chi connectivity index (χ0v) is 19.8. The number of hydrogen-bond donors (Lipinski definition) is 4. The number of fused-ring (bicyclic) bond motifs is 2. The molecule has 3 heterocycles. The number of carbonyl (C=O) groups is 2. The summed E-state index contributed by atoms with van der Waals surface area (Å²) >= 11 is 0. The van der Waals surface area contributed by atoms with E-state index in [1.165, 1.54) is 29.3 Å². The van der Waals surface area contributed by atoms with E-state index in [9.17, 15) is 14.4 Å². The number of nitrogens with zero attached hydrogens (tertiary/aromatic N) is 1. The summed E-state index contributed by atoms with van der Waals surface area (Å²) in [5, 5.41) is 18.2. The number of para-hydroxylation sites is 2. The van der Waals surface area contributed by atoms with E-state index in [0.717, 1.165) is 42.5 Å². The van der Waals surface area contributed by atoms with Crippen LogP contribution in [0, 0.1) is 0 Å². The van der Waals surface area contributed by atoms with E-state index in [4.69, 9.17) is 10.2 Å². The van der Waals surface area contributed by atoms with Crippen molar-refractivity contribution in [2.75, 3.05) is 19.6 Å². The molecule has 0 amide bonds. The van der Waals surface area contributed by atoms with E-state index in [-0.39, 0.29) is 5.56 Å². The van der Waals surface area contributed by atoms with Gasteiger partial charge >= 0.3 is 11.9 Å². The first-order valence-electron chi connectivity index (χ1n) is 11.9. The van der Waals surface area contributed by atoms with E-state index in [0.29, 0.717) is 18.1 Å². The van der Waals surface area contributed by atoms with Crippen LogP contribution in [0.1, 0.15) is 29.9 Å². The van der Waals surface area contributed by atoms with Gasteiger partial charge in [-0.3, -0.25) is 4.79 Å². The lowest BCUT2D eigenvalue weighted by Gasteiger charge is -2.32. The quantitative estimate of drug-likeness (QED) is 0.303. The fraction of sp³-hybridized carbons (Fsp3) is 0.250. The van der Waals surface area contributed by atoms with Crippen molar-refractivity contribution in [3.05, 3.63) is 94.4 Å². The second-order valence-electron chi connectivity index (χ2n) is 8.87. The molecular weight excluding hydrogens is 458 g/mol. The Labute approximate surface area is 207 Å². The number of aromatic amines is 2. The molecule has 0 unspecified atom stereocenters. The molecule has 8 heteroatoms. The molecule has 1 aliphatic heterocycles. The van der Waals surface area contributed by atoms with Crippen LogP contribution >= 0.6 is 0 Å². The van der Waals surface area contributed by atoms with Gasteiger partial charge in [-0.2, -0.15) is 0 Å². The van der Waals surface area contributed by atoms with Gasteiger partial charge in [0.1, 0.15) is 0 Å². The number of aromatic nitrogens is 2.